The topological polar surface area (TPSA) is 64.6 Å². The van der Waals surface area contributed by atoms with Gasteiger partial charge in [-0.15, -0.1) is 0 Å². The molecule has 0 aromatic rings. The summed E-state index contributed by atoms with van der Waals surface area (Å²) in [5.41, 5.74) is 0. The zero-order valence-electron chi connectivity index (χ0n) is 7.70. The molecule has 1 aliphatic rings. The quantitative estimate of drug-likeness (QED) is 0.606. The summed E-state index contributed by atoms with van der Waals surface area (Å²) in [5, 5.41) is 2.92. The van der Waals surface area contributed by atoms with E-state index in [-0.39, 0.29) is 18.0 Å². The van der Waals surface area contributed by atoms with Crippen molar-refractivity contribution < 1.29 is 19.1 Å². The van der Waals surface area contributed by atoms with Crippen LogP contribution in [0.5, 0.6) is 0 Å². The fourth-order valence-electron chi connectivity index (χ4n) is 1.28. The van der Waals surface area contributed by atoms with Crippen molar-refractivity contribution >= 4 is 11.9 Å². The highest BCUT2D eigenvalue weighted by Crippen LogP contribution is 2.12. The minimum absolute atomic E-state index is 0.346. The smallest absolute Gasteiger partial charge is 0.304 e. The second kappa shape index (κ2) is 4.23. The molecule has 0 saturated carbocycles. The van der Waals surface area contributed by atoms with E-state index in [4.69, 9.17) is 9.47 Å². The van der Waals surface area contributed by atoms with E-state index in [1.807, 2.05) is 0 Å². The average molecular weight is 187 g/mol. The SMILES string of the molecule is CC(=O)OC1NCC[C@H]1OC(C)=O. The average Bonchev–Trinajstić information content (AvgIpc) is 2.34. The highest BCUT2D eigenvalue weighted by molar-refractivity contribution is 5.67. The van der Waals surface area contributed by atoms with Gasteiger partial charge < -0.3 is 9.47 Å². The molecule has 0 aromatic carbocycles. The summed E-state index contributed by atoms with van der Waals surface area (Å²) >= 11 is 0. The third-order valence-corrected chi connectivity index (χ3v) is 1.72. The molecule has 5 heteroatoms. The van der Waals surface area contributed by atoms with E-state index in [0.717, 1.165) is 0 Å². The highest BCUT2D eigenvalue weighted by Gasteiger charge is 2.31. The summed E-state index contributed by atoms with van der Waals surface area (Å²) in [6.45, 7) is 3.35. The Hall–Kier alpha value is -1.10. The van der Waals surface area contributed by atoms with Crippen LogP contribution in [-0.2, 0) is 19.1 Å². The van der Waals surface area contributed by atoms with E-state index in [9.17, 15) is 9.59 Å². The number of carbonyl (C=O) groups excluding carboxylic acids is 2. The molecule has 1 unspecified atom stereocenters. The van der Waals surface area contributed by atoms with Gasteiger partial charge in [-0.3, -0.25) is 14.9 Å². The third-order valence-electron chi connectivity index (χ3n) is 1.72. The van der Waals surface area contributed by atoms with Gasteiger partial charge >= 0.3 is 11.9 Å². The van der Waals surface area contributed by atoms with Crippen LogP contribution in [0.3, 0.4) is 0 Å². The molecule has 1 rings (SSSR count). The van der Waals surface area contributed by atoms with E-state index in [2.05, 4.69) is 5.32 Å². The maximum absolute atomic E-state index is 10.6. The molecule has 0 spiro atoms. The van der Waals surface area contributed by atoms with E-state index < -0.39 is 6.23 Å². The van der Waals surface area contributed by atoms with Crippen molar-refractivity contribution in [1.29, 1.82) is 0 Å². The lowest BCUT2D eigenvalue weighted by Crippen LogP contribution is -2.37. The summed E-state index contributed by atoms with van der Waals surface area (Å²) in [6.07, 6.45) is -0.153. The zero-order valence-corrected chi connectivity index (χ0v) is 7.70. The van der Waals surface area contributed by atoms with Gasteiger partial charge in [0.15, 0.2) is 12.3 Å². The Labute approximate surface area is 76.4 Å². The third kappa shape index (κ3) is 3.02. The molecular weight excluding hydrogens is 174 g/mol. The van der Waals surface area contributed by atoms with Crippen LogP contribution in [0.2, 0.25) is 0 Å². The Bertz CT molecular complexity index is 194. The number of nitrogens with one attached hydrogen (secondary N) is 1. The van der Waals surface area contributed by atoms with Crippen molar-refractivity contribution in [2.75, 3.05) is 6.54 Å². The van der Waals surface area contributed by atoms with Gasteiger partial charge in [-0.05, 0) is 0 Å². The predicted octanol–water partition coefficient (Wildman–Crippen LogP) is -0.199. The van der Waals surface area contributed by atoms with E-state index in [0.29, 0.717) is 13.0 Å². The molecule has 1 fully saturated rings. The molecule has 0 radical (unpaired) electrons. The van der Waals surface area contributed by atoms with Gasteiger partial charge in [0.25, 0.3) is 0 Å². The van der Waals surface area contributed by atoms with Crippen molar-refractivity contribution in [1.82, 2.24) is 5.32 Å². The van der Waals surface area contributed by atoms with Crippen LogP contribution in [0.1, 0.15) is 20.3 Å². The van der Waals surface area contributed by atoms with Crippen molar-refractivity contribution in [3.05, 3.63) is 0 Å². The van der Waals surface area contributed by atoms with Gasteiger partial charge in [0.2, 0.25) is 0 Å². The van der Waals surface area contributed by atoms with Crippen LogP contribution < -0.4 is 5.32 Å². The molecule has 1 heterocycles. The second-order valence-electron chi connectivity index (χ2n) is 2.92. The Kier molecular flexibility index (Phi) is 3.25. The number of rotatable bonds is 2. The number of carbonyl (C=O) groups is 2. The molecule has 0 aromatic heterocycles. The summed E-state index contributed by atoms with van der Waals surface area (Å²) < 4.78 is 9.84. The van der Waals surface area contributed by atoms with E-state index >= 15 is 0 Å². The predicted molar refractivity (Wildman–Crippen MR) is 43.7 cm³/mol. The molecule has 2 atom stereocenters. The van der Waals surface area contributed by atoms with Gasteiger partial charge in [-0.1, -0.05) is 0 Å². The molecule has 1 aliphatic heterocycles. The molecule has 0 aliphatic carbocycles. The van der Waals surface area contributed by atoms with Crippen molar-refractivity contribution in [3.63, 3.8) is 0 Å². The first-order valence-corrected chi connectivity index (χ1v) is 4.17. The molecule has 1 N–H and O–H groups in total. The number of esters is 2. The molecule has 74 valence electrons. The fourth-order valence-corrected chi connectivity index (χ4v) is 1.28. The first-order chi connectivity index (χ1) is 6.09. The molecule has 5 nitrogen and oxygen atoms in total. The van der Waals surface area contributed by atoms with Gasteiger partial charge in [-0.25, -0.2) is 0 Å². The lowest BCUT2D eigenvalue weighted by Gasteiger charge is -2.18. The van der Waals surface area contributed by atoms with Crippen LogP contribution in [-0.4, -0.2) is 30.8 Å². The maximum Gasteiger partial charge on any atom is 0.304 e. The number of hydrogen-bond donors (Lipinski definition) is 1. The van der Waals surface area contributed by atoms with Crippen LogP contribution >= 0.6 is 0 Å². The summed E-state index contributed by atoms with van der Waals surface area (Å²) in [5.74, 6) is -0.734. The van der Waals surface area contributed by atoms with Gasteiger partial charge in [0.05, 0.1) is 0 Å². The minimum Gasteiger partial charge on any atom is -0.457 e. The summed E-state index contributed by atoms with van der Waals surface area (Å²) in [6, 6.07) is 0. The Morgan fingerprint density at radius 2 is 1.85 bits per heavy atom. The van der Waals surface area contributed by atoms with Crippen molar-refractivity contribution in [3.8, 4) is 0 Å². The van der Waals surface area contributed by atoms with Gasteiger partial charge in [-0.2, -0.15) is 0 Å². The molecule has 1 saturated heterocycles. The van der Waals surface area contributed by atoms with E-state index in [1.165, 1.54) is 13.8 Å². The van der Waals surface area contributed by atoms with Crippen LogP contribution in [0, 0.1) is 0 Å². The lowest BCUT2D eigenvalue weighted by molar-refractivity contribution is -0.163. The Balaban J connectivity index is 2.43. The first-order valence-electron chi connectivity index (χ1n) is 4.17. The number of hydrogen-bond acceptors (Lipinski definition) is 5. The zero-order chi connectivity index (χ0) is 9.84. The van der Waals surface area contributed by atoms with Crippen molar-refractivity contribution in [2.24, 2.45) is 0 Å². The number of ether oxygens (including phenoxy) is 2. The highest BCUT2D eigenvalue weighted by atomic mass is 16.6. The minimum atomic E-state index is -0.485. The standard InChI is InChI=1S/C8H13NO4/c1-5(10)12-7-3-4-9-8(7)13-6(2)11/h7-9H,3-4H2,1-2H3/t7-,8?/m1/s1. The largest absolute Gasteiger partial charge is 0.457 e. The monoisotopic (exact) mass is 187 g/mol. The van der Waals surface area contributed by atoms with Crippen LogP contribution in [0.25, 0.3) is 0 Å². The fraction of sp³-hybridized carbons (Fsp3) is 0.750. The van der Waals surface area contributed by atoms with Crippen LogP contribution in [0.4, 0.5) is 0 Å². The van der Waals surface area contributed by atoms with Gasteiger partial charge in [0, 0.05) is 26.8 Å². The normalized spacial score (nSPS) is 26.9. The summed E-state index contributed by atoms with van der Waals surface area (Å²) in [7, 11) is 0. The van der Waals surface area contributed by atoms with Crippen LogP contribution in [0.15, 0.2) is 0 Å². The Morgan fingerprint density at radius 3 is 2.38 bits per heavy atom. The second-order valence-corrected chi connectivity index (χ2v) is 2.92. The van der Waals surface area contributed by atoms with Crippen molar-refractivity contribution in [2.45, 2.75) is 32.6 Å². The lowest BCUT2D eigenvalue weighted by atomic mass is 10.3. The molecule has 0 amide bonds. The maximum atomic E-state index is 10.6. The molecule has 13 heavy (non-hydrogen) atoms. The van der Waals surface area contributed by atoms with E-state index in [1.54, 1.807) is 0 Å². The Morgan fingerprint density at radius 1 is 1.23 bits per heavy atom. The first kappa shape index (κ1) is 9.98. The van der Waals surface area contributed by atoms with Gasteiger partial charge in [0.1, 0.15) is 0 Å². The molecule has 0 bridgehead atoms. The summed E-state index contributed by atoms with van der Waals surface area (Å²) in [4.78, 5) is 21.3. The molecular formula is C8H13NO4.